The van der Waals surface area contributed by atoms with Gasteiger partial charge in [-0.1, -0.05) is 6.07 Å². The number of benzene rings is 2. The molecule has 0 aromatic heterocycles. The number of amides is 1. The molecule has 1 unspecified atom stereocenters. The van der Waals surface area contributed by atoms with Gasteiger partial charge in [0.25, 0.3) is 5.91 Å². The number of nitrogens with zero attached hydrogens (tertiary/aromatic N) is 1. The van der Waals surface area contributed by atoms with Crippen molar-refractivity contribution in [1.82, 2.24) is 0 Å². The van der Waals surface area contributed by atoms with E-state index in [-0.39, 0.29) is 5.75 Å². The predicted molar refractivity (Wildman–Crippen MR) is 83.0 cm³/mol. The summed E-state index contributed by atoms with van der Waals surface area (Å²) in [6.45, 7) is 1.51. The van der Waals surface area contributed by atoms with Crippen molar-refractivity contribution in [2.75, 3.05) is 5.32 Å². The number of anilines is 1. The number of hydrogen-bond donors (Lipinski definition) is 1. The van der Waals surface area contributed by atoms with E-state index in [1.165, 1.54) is 25.1 Å². The van der Waals surface area contributed by atoms with E-state index in [4.69, 9.17) is 10.00 Å². The Morgan fingerprint density at radius 3 is 2.44 bits per heavy atom. The number of halogens is 3. The van der Waals surface area contributed by atoms with Gasteiger partial charge in [-0.3, -0.25) is 4.79 Å². The molecule has 0 radical (unpaired) electrons. The first-order chi connectivity index (χ1) is 11.8. The summed E-state index contributed by atoms with van der Waals surface area (Å²) in [7, 11) is 0. The van der Waals surface area contributed by atoms with E-state index in [9.17, 15) is 18.0 Å². The van der Waals surface area contributed by atoms with Crippen molar-refractivity contribution in [2.45, 2.75) is 19.4 Å². The molecular formula is C17H13F3N2O3. The highest BCUT2D eigenvalue weighted by Gasteiger charge is 2.31. The quantitative estimate of drug-likeness (QED) is 0.889. The maximum absolute atomic E-state index is 12.1. The Kier molecular flexibility index (Phi) is 5.49. The summed E-state index contributed by atoms with van der Waals surface area (Å²) in [5.74, 6) is -0.523. The average Bonchev–Trinajstić information content (AvgIpc) is 2.55. The highest BCUT2D eigenvalue weighted by Crippen LogP contribution is 2.24. The van der Waals surface area contributed by atoms with Crippen LogP contribution in [0, 0.1) is 11.3 Å². The number of nitriles is 1. The summed E-state index contributed by atoms with van der Waals surface area (Å²) >= 11 is 0. The second-order valence-electron chi connectivity index (χ2n) is 4.96. The summed E-state index contributed by atoms with van der Waals surface area (Å²) in [5, 5.41) is 11.3. The lowest BCUT2D eigenvalue weighted by Crippen LogP contribution is -2.30. The van der Waals surface area contributed by atoms with Crippen molar-refractivity contribution in [2.24, 2.45) is 0 Å². The third-order valence-corrected chi connectivity index (χ3v) is 3.00. The highest BCUT2D eigenvalue weighted by molar-refractivity contribution is 5.94. The Labute approximate surface area is 141 Å². The molecule has 2 aromatic carbocycles. The molecule has 0 aliphatic rings. The van der Waals surface area contributed by atoms with Crippen LogP contribution in [-0.2, 0) is 4.79 Å². The maximum atomic E-state index is 12.1. The molecule has 2 rings (SSSR count). The second kappa shape index (κ2) is 7.57. The van der Waals surface area contributed by atoms with Crippen LogP contribution in [0.5, 0.6) is 11.5 Å². The van der Waals surface area contributed by atoms with Gasteiger partial charge < -0.3 is 14.8 Å². The van der Waals surface area contributed by atoms with Gasteiger partial charge in [0.1, 0.15) is 11.5 Å². The summed E-state index contributed by atoms with van der Waals surface area (Å²) in [5.41, 5.74) is 0.686. The summed E-state index contributed by atoms with van der Waals surface area (Å²) < 4.78 is 45.5. The number of ether oxygens (including phenoxy) is 2. The fourth-order valence-corrected chi connectivity index (χ4v) is 1.88. The standard InChI is InChI=1S/C17H13F3N2O3/c1-11(24-15-4-2-3-12(9-15)10-21)16(23)22-13-5-7-14(8-6-13)25-17(18,19)20/h2-9,11H,1H3,(H,22,23). The van der Waals surface area contributed by atoms with E-state index in [0.29, 0.717) is 17.0 Å². The largest absolute Gasteiger partial charge is 0.573 e. The Balaban J connectivity index is 1.95. The van der Waals surface area contributed by atoms with E-state index >= 15 is 0 Å². The zero-order valence-electron chi connectivity index (χ0n) is 13.0. The first kappa shape index (κ1) is 18.1. The van der Waals surface area contributed by atoms with Crippen LogP contribution in [0.1, 0.15) is 12.5 Å². The number of carbonyl (C=O) groups excluding carboxylic acids is 1. The van der Waals surface area contributed by atoms with Crippen LogP contribution in [0.15, 0.2) is 48.5 Å². The van der Waals surface area contributed by atoms with Gasteiger partial charge in [0.2, 0.25) is 0 Å². The average molecular weight is 350 g/mol. The van der Waals surface area contributed by atoms with Gasteiger partial charge in [-0.15, -0.1) is 13.2 Å². The lowest BCUT2D eigenvalue weighted by Gasteiger charge is -2.15. The van der Waals surface area contributed by atoms with Gasteiger partial charge in [-0.25, -0.2) is 0 Å². The van der Waals surface area contributed by atoms with Gasteiger partial charge in [-0.2, -0.15) is 5.26 Å². The van der Waals surface area contributed by atoms with Crippen LogP contribution < -0.4 is 14.8 Å². The van der Waals surface area contributed by atoms with Gasteiger partial charge in [0.05, 0.1) is 11.6 Å². The smallest absolute Gasteiger partial charge is 0.481 e. The third kappa shape index (κ3) is 5.73. The molecule has 0 aliphatic heterocycles. The molecule has 5 nitrogen and oxygen atoms in total. The number of carbonyl (C=O) groups is 1. The Morgan fingerprint density at radius 2 is 1.84 bits per heavy atom. The monoisotopic (exact) mass is 350 g/mol. The van der Waals surface area contributed by atoms with Gasteiger partial charge in [0, 0.05) is 5.69 Å². The van der Waals surface area contributed by atoms with E-state index < -0.39 is 18.4 Å². The Bertz CT molecular complexity index is 783. The van der Waals surface area contributed by atoms with Crippen molar-refractivity contribution in [3.63, 3.8) is 0 Å². The SMILES string of the molecule is CC(Oc1cccc(C#N)c1)C(=O)Nc1ccc(OC(F)(F)F)cc1. The van der Waals surface area contributed by atoms with Crippen molar-refractivity contribution in [3.8, 4) is 17.6 Å². The van der Waals surface area contributed by atoms with E-state index in [0.717, 1.165) is 12.1 Å². The molecule has 0 bridgehead atoms. The van der Waals surface area contributed by atoms with E-state index in [1.807, 2.05) is 6.07 Å². The predicted octanol–water partition coefficient (Wildman–Crippen LogP) is 3.86. The summed E-state index contributed by atoms with van der Waals surface area (Å²) in [4.78, 5) is 12.1. The zero-order valence-corrected chi connectivity index (χ0v) is 13.0. The van der Waals surface area contributed by atoms with E-state index in [2.05, 4.69) is 10.1 Å². The molecule has 0 saturated carbocycles. The summed E-state index contributed by atoms with van der Waals surface area (Å²) in [6.07, 6.45) is -5.65. The Hall–Kier alpha value is -3.21. The van der Waals surface area contributed by atoms with Crippen molar-refractivity contribution < 1.29 is 27.4 Å². The third-order valence-electron chi connectivity index (χ3n) is 3.00. The van der Waals surface area contributed by atoms with Crippen LogP contribution in [-0.4, -0.2) is 18.4 Å². The molecule has 1 amide bonds. The van der Waals surface area contributed by atoms with Crippen molar-refractivity contribution in [1.29, 1.82) is 5.26 Å². The van der Waals surface area contributed by atoms with Crippen LogP contribution in [0.2, 0.25) is 0 Å². The topological polar surface area (TPSA) is 71.3 Å². The van der Waals surface area contributed by atoms with Crippen LogP contribution in [0.3, 0.4) is 0 Å². The van der Waals surface area contributed by atoms with Crippen LogP contribution >= 0.6 is 0 Å². The first-order valence-corrected chi connectivity index (χ1v) is 7.10. The molecule has 0 aliphatic carbocycles. The lowest BCUT2D eigenvalue weighted by atomic mass is 10.2. The normalized spacial score (nSPS) is 12.0. The Morgan fingerprint density at radius 1 is 1.16 bits per heavy atom. The highest BCUT2D eigenvalue weighted by atomic mass is 19.4. The van der Waals surface area contributed by atoms with Crippen molar-refractivity contribution >= 4 is 11.6 Å². The van der Waals surface area contributed by atoms with Gasteiger partial charge >= 0.3 is 6.36 Å². The molecule has 0 fully saturated rings. The number of hydrogen-bond acceptors (Lipinski definition) is 4. The minimum absolute atomic E-state index is 0.292. The van der Waals surface area contributed by atoms with E-state index in [1.54, 1.807) is 18.2 Å². The summed E-state index contributed by atoms with van der Waals surface area (Å²) in [6, 6.07) is 13.0. The molecule has 8 heteroatoms. The van der Waals surface area contributed by atoms with Crippen molar-refractivity contribution in [3.05, 3.63) is 54.1 Å². The number of alkyl halides is 3. The molecular weight excluding hydrogens is 337 g/mol. The molecule has 0 spiro atoms. The van der Waals surface area contributed by atoms with Gasteiger partial charge in [-0.05, 0) is 49.4 Å². The van der Waals surface area contributed by atoms with Gasteiger partial charge in [0.15, 0.2) is 6.10 Å². The molecule has 2 aromatic rings. The minimum atomic E-state index is -4.77. The lowest BCUT2D eigenvalue weighted by molar-refractivity contribution is -0.274. The molecule has 0 heterocycles. The molecule has 25 heavy (non-hydrogen) atoms. The fourth-order valence-electron chi connectivity index (χ4n) is 1.88. The zero-order chi connectivity index (χ0) is 18.4. The molecule has 130 valence electrons. The van der Waals surface area contributed by atoms with Crippen LogP contribution in [0.4, 0.5) is 18.9 Å². The first-order valence-electron chi connectivity index (χ1n) is 7.10. The molecule has 1 atom stereocenters. The molecule has 0 saturated heterocycles. The number of nitrogens with one attached hydrogen (secondary N) is 1. The molecule has 1 N–H and O–H groups in total. The van der Waals surface area contributed by atoms with Crippen LogP contribution in [0.25, 0.3) is 0 Å². The number of rotatable bonds is 5. The fraction of sp³-hybridized carbons (Fsp3) is 0.176. The second-order valence-corrected chi connectivity index (χ2v) is 4.96. The maximum Gasteiger partial charge on any atom is 0.573 e. The minimum Gasteiger partial charge on any atom is -0.481 e.